The number of nitrogens with one attached hydrogen (secondary N) is 2. The smallest absolute Gasteiger partial charge is 0.321 e. The number of urea groups is 1. The Kier molecular flexibility index (Phi) is 7.20. The number of hydrogen-bond acceptors (Lipinski definition) is 4. The number of anilines is 1. The molecule has 0 saturated heterocycles. The molecule has 2 aromatic rings. The van der Waals surface area contributed by atoms with E-state index in [1.54, 1.807) is 36.3 Å². The van der Waals surface area contributed by atoms with Gasteiger partial charge in [-0.15, -0.1) is 0 Å². The van der Waals surface area contributed by atoms with Crippen LogP contribution in [-0.2, 0) is 16.6 Å². The highest BCUT2D eigenvalue weighted by molar-refractivity contribution is 7.89. The zero-order valence-electron chi connectivity index (χ0n) is 15.7. The first-order valence-corrected chi connectivity index (χ1v) is 10.2. The lowest BCUT2D eigenvalue weighted by molar-refractivity contribution is 0.217. The summed E-state index contributed by atoms with van der Waals surface area (Å²) < 4.78 is 32.8. The third-order valence-corrected chi connectivity index (χ3v) is 5.53. The summed E-state index contributed by atoms with van der Waals surface area (Å²) in [5.41, 5.74) is 1.28. The fourth-order valence-electron chi connectivity index (χ4n) is 2.54. The molecule has 0 aliphatic rings. The SMILES string of the molecule is CCN(CC)C(=O)Nc1ccc(S(=O)(=O)NCc2ccccc2OC)cc1. The van der Waals surface area contributed by atoms with Crippen LogP contribution in [0.2, 0.25) is 0 Å². The molecule has 27 heavy (non-hydrogen) atoms. The zero-order chi connectivity index (χ0) is 19.9. The van der Waals surface area contributed by atoms with Gasteiger partial charge in [-0.2, -0.15) is 0 Å². The van der Waals surface area contributed by atoms with E-state index in [1.807, 2.05) is 26.0 Å². The summed E-state index contributed by atoms with van der Waals surface area (Å²) in [6, 6.07) is 13.1. The van der Waals surface area contributed by atoms with Crippen molar-refractivity contribution in [3.8, 4) is 5.75 Å². The Morgan fingerprint density at radius 3 is 2.26 bits per heavy atom. The number of methoxy groups -OCH3 is 1. The third-order valence-electron chi connectivity index (χ3n) is 4.11. The van der Waals surface area contributed by atoms with E-state index in [-0.39, 0.29) is 17.5 Å². The molecule has 0 fully saturated rings. The van der Waals surface area contributed by atoms with Gasteiger partial charge in [-0.3, -0.25) is 0 Å². The van der Waals surface area contributed by atoms with E-state index in [2.05, 4.69) is 10.0 Å². The molecule has 0 aromatic heterocycles. The summed E-state index contributed by atoms with van der Waals surface area (Å²) in [6.45, 7) is 5.11. The van der Waals surface area contributed by atoms with Crippen molar-refractivity contribution in [2.24, 2.45) is 0 Å². The van der Waals surface area contributed by atoms with Gasteiger partial charge in [-0.05, 0) is 44.2 Å². The van der Waals surface area contributed by atoms with Crippen molar-refractivity contribution in [3.63, 3.8) is 0 Å². The van der Waals surface area contributed by atoms with Crippen molar-refractivity contribution in [3.05, 3.63) is 54.1 Å². The summed E-state index contributed by atoms with van der Waals surface area (Å²) in [5.74, 6) is 0.620. The average Bonchev–Trinajstić information content (AvgIpc) is 2.68. The van der Waals surface area contributed by atoms with Crippen molar-refractivity contribution in [2.75, 3.05) is 25.5 Å². The van der Waals surface area contributed by atoms with Crippen LogP contribution in [0, 0.1) is 0 Å². The van der Waals surface area contributed by atoms with E-state index >= 15 is 0 Å². The van der Waals surface area contributed by atoms with E-state index in [9.17, 15) is 13.2 Å². The first-order chi connectivity index (χ1) is 12.9. The van der Waals surface area contributed by atoms with Crippen LogP contribution in [0.3, 0.4) is 0 Å². The second kappa shape index (κ2) is 9.38. The number of carbonyl (C=O) groups excluding carboxylic acids is 1. The predicted molar refractivity (Wildman–Crippen MR) is 105 cm³/mol. The fourth-order valence-corrected chi connectivity index (χ4v) is 3.54. The van der Waals surface area contributed by atoms with Crippen molar-refractivity contribution in [2.45, 2.75) is 25.3 Å². The molecular weight excluding hydrogens is 366 g/mol. The number of para-hydroxylation sites is 1. The molecular formula is C19H25N3O4S. The van der Waals surface area contributed by atoms with Crippen LogP contribution >= 0.6 is 0 Å². The van der Waals surface area contributed by atoms with E-state index in [0.29, 0.717) is 24.5 Å². The lowest BCUT2D eigenvalue weighted by Gasteiger charge is -2.19. The van der Waals surface area contributed by atoms with Gasteiger partial charge in [-0.1, -0.05) is 18.2 Å². The number of carbonyl (C=O) groups is 1. The highest BCUT2D eigenvalue weighted by atomic mass is 32.2. The average molecular weight is 391 g/mol. The lowest BCUT2D eigenvalue weighted by atomic mass is 10.2. The van der Waals surface area contributed by atoms with Gasteiger partial charge in [0.05, 0.1) is 12.0 Å². The van der Waals surface area contributed by atoms with Gasteiger partial charge in [0, 0.05) is 30.9 Å². The second-order valence-electron chi connectivity index (χ2n) is 5.76. The monoisotopic (exact) mass is 391 g/mol. The van der Waals surface area contributed by atoms with Crippen LogP contribution in [0.5, 0.6) is 5.75 Å². The van der Waals surface area contributed by atoms with Crippen LogP contribution in [0.25, 0.3) is 0 Å². The maximum absolute atomic E-state index is 12.5. The Morgan fingerprint density at radius 2 is 1.67 bits per heavy atom. The van der Waals surface area contributed by atoms with E-state index in [0.717, 1.165) is 5.56 Å². The minimum absolute atomic E-state index is 0.118. The van der Waals surface area contributed by atoms with Crippen LogP contribution in [0.1, 0.15) is 19.4 Å². The minimum atomic E-state index is -3.68. The van der Waals surface area contributed by atoms with Crippen molar-refractivity contribution in [1.29, 1.82) is 0 Å². The lowest BCUT2D eigenvalue weighted by Crippen LogP contribution is -2.34. The van der Waals surface area contributed by atoms with E-state index in [1.165, 1.54) is 12.1 Å². The van der Waals surface area contributed by atoms with Crippen LogP contribution in [-0.4, -0.2) is 39.5 Å². The van der Waals surface area contributed by atoms with Gasteiger partial charge >= 0.3 is 6.03 Å². The number of ether oxygens (including phenoxy) is 1. The molecule has 0 unspecified atom stereocenters. The topological polar surface area (TPSA) is 87.7 Å². The highest BCUT2D eigenvalue weighted by Crippen LogP contribution is 2.19. The van der Waals surface area contributed by atoms with Crippen LogP contribution in [0.15, 0.2) is 53.4 Å². The van der Waals surface area contributed by atoms with E-state index in [4.69, 9.17) is 4.74 Å². The van der Waals surface area contributed by atoms with Gasteiger partial charge in [0.15, 0.2) is 0 Å². The molecule has 0 radical (unpaired) electrons. The molecule has 2 amide bonds. The normalized spacial score (nSPS) is 11.1. The molecule has 0 saturated carbocycles. The summed E-state index contributed by atoms with van der Waals surface area (Å²) in [7, 11) is -2.14. The fraction of sp³-hybridized carbons (Fsp3) is 0.316. The Morgan fingerprint density at radius 1 is 1.04 bits per heavy atom. The standard InChI is InChI=1S/C19H25N3O4S/c1-4-22(5-2)19(23)21-16-10-12-17(13-11-16)27(24,25)20-14-15-8-6-7-9-18(15)26-3/h6-13,20H,4-5,14H2,1-3H3,(H,21,23). The Bertz CT molecular complexity index is 863. The molecule has 0 spiro atoms. The second-order valence-corrected chi connectivity index (χ2v) is 7.53. The Labute approximate surface area is 160 Å². The molecule has 2 aromatic carbocycles. The Balaban J connectivity index is 2.05. The first kappa shape index (κ1) is 20.7. The molecule has 0 heterocycles. The minimum Gasteiger partial charge on any atom is -0.496 e. The van der Waals surface area contributed by atoms with Gasteiger partial charge in [0.2, 0.25) is 10.0 Å². The van der Waals surface area contributed by atoms with Gasteiger partial charge in [0.1, 0.15) is 5.75 Å². The van der Waals surface area contributed by atoms with Gasteiger partial charge in [-0.25, -0.2) is 17.9 Å². The largest absolute Gasteiger partial charge is 0.496 e. The number of benzene rings is 2. The first-order valence-electron chi connectivity index (χ1n) is 8.68. The molecule has 8 heteroatoms. The quantitative estimate of drug-likeness (QED) is 0.724. The van der Waals surface area contributed by atoms with Crippen molar-refractivity contribution >= 4 is 21.7 Å². The molecule has 0 bridgehead atoms. The van der Waals surface area contributed by atoms with Crippen molar-refractivity contribution < 1.29 is 17.9 Å². The summed E-state index contributed by atoms with van der Waals surface area (Å²) in [4.78, 5) is 13.8. The molecule has 146 valence electrons. The molecule has 0 atom stereocenters. The number of nitrogens with zero attached hydrogens (tertiary/aromatic N) is 1. The molecule has 2 N–H and O–H groups in total. The maximum atomic E-state index is 12.5. The Hall–Kier alpha value is -2.58. The third kappa shape index (κ3) is 5.45. The molecule has 2 rings (SSSR count). The number of rotatable bonds is 8. The summed E-state index contributed by atoms with van der Waals surface area (Å²) >= 11 is 0. The van der Waals surface area contributed by atoms with Crippen molar-refractivity contribution in [1.82, 2.24) is 9.62 Å². The van der Waals surface area contributed by atoms with Gasteiger partial charge < -0.3 is 15.0 Å². The zero-order valence-corrected chi connectivity index (χ0v) is 16.5. The number of sulfonamides is 1. The number of hydrogen-bond donors (Lipinski definition) is 2. The van der Waals surface area contributed by atoms with Crippen LogP contribution < -0.4 is 14.8 Å². The highest BCUT2D eigenvalue weighted by Gasteiger charge is 2.15. The molecule has 7 nitrogen and oxygen atoms in total. The van der Waals surface area contributed by atoms with E-state index < -0.39 is 10.0 Å². The van der Waals surface area contributed by atoms with Crippen LogP contribution in [0.4, 0.5) is 10.5 Å². The number of amides is 2. The predicted octanol–water partition coefficient (Wildman–Crippen LogP) is 3.05. The molecule has 0 aliphatic heterocycles. The maximum Gasteiger partial charge on any atom is 0.321 e. The summed E-state index contributed by atoms with van der Waals surface area (Å²) in [6.07, 6.45) is 0. The van der Waals surface area contributed by atoms with Gasteiger partial charge in [0.25, 0.3) is 0 Å². The molecule has 0 aliphatic carbocycles. The summed E-state index contributed by atoms with van der Waals surface area (Å²) in [5, 5.41) is 2.75.